The molecule has 3 aromatic carbocycles. The summed E-state index contributed by atoms with van der Waals surface area (Å²) in [7, 11) is 0. The summed E-state index contributed by atoms with van der Waals surface area (Å²) < 4.78 is 0. The summed E-state index contributed by atoms with van der Waals surface area (Å²) >= 11 is 0. The monoisotopic (exact) mass is 445 g/mol. The second-order valence-corrected chi connectivity index (χ2v) is 7.42. The lowest BCUT2D eigenvalue weighted by molar-refractivity contribution is -0.121. The van der Waals surface area contributed by atoms with E-state index in [1.54, 1.807) is 30.3 Å². The molecule has 5 amide bonds. The molecule has 170 valence electrons. The highest BCUT2D eigenvalue weighted by atomic mass is 16.2. The van der Waals surface area contributed by atoms with Crippen LogP contribution in [0, 0.1) is 6.92 Å². The van der Waals surface area contributed by atoms with Crippen molar-refractivity contribution >= 4 is 35.0 Å². The minimum atomic E-state index is -0.364. The Morgan fingerprint density at radius 1 is 0.667 bits per heavy atom. The Balaban J connectivity index is 1.38. The van der Waals surface area contributed by atoms with Gasteiger partial charge in [0.25, 0.3) is 0 Å². The summed E-state index contributed by atoms with van der Waals surface area (Å²) in [6.45, 7) is 2.48. The molecule has 0 fully saturated rings. The first-order valence-corrected chi connectivity index (χ1v) is 10.6. The average Bonchev–Trinajstić information content (AvgIpc) is 2.78. The molecule has 0 aromatic heterocycles. The maximum absolute atomic E-state index is 12.2. The maximum atomic E-state index is 12.2. The van der Waals surface area contributed by atoms with E-state index in [1.807, 2.05) is 55.5 Å². The largest absolute Gasteiger partial charge is 0.352 e. The second kappa shape index (κ2) is 11.9. The number of rotatable bonds is 8. The van der Waals surface area contributed by atoms with Gasteiger partial charge in [0.05, 0.1) is 0 Å². The molecule has 0 spiro atoms. The van der Waals surface area contributed by atoms with Gasteiger partial charge in [-0.15, -0.1) is 0 Å². The van der Waals surface area contributed by atoms with Gasteiger partial charge >= 0.3 is 12.1 Å². The number of benzene rings is 3. The Morgan fingerprint density at radius 2 is 1.30 bits per heavy atom. The van der Waals surface area contributed by atoms with Crippen molar-refractivity contribution in [2.75, 3.05) is 22.5 Å². The Hall–Kier alpha value is -4.33. The molecular weight excluding hydrogens is 418 g/mol. The van der Waals surface area contributed by atoms with E-state index in [0.29, 0.717) is 23.6 Å². The van der Waals surface area contributed by atoms with Crippen LogP contribution in [0.3, 0.4) is 0 Å². The molecule has 0 atom stereocenters. The van der Waals surface area contributed by atoms with Gasteiger partial charge in [-0.2, -0.15) is 0 Å². The topological polar surface area (TPSA) is 111 Å². The van der Waals surface area contributed by atoms with Gasteiger partial charge in [-0.1, -0.05) is 42.5 Å². The molecule has 0 radical (unpaired) electrons. The van der Waals surface area contributed by atoms with E-state index in [0.717, 1.165) is 11.1 Å². The van der Waals surface area contributed by atoms with E-state index >= 15 is 0 Å². The summed E-state index contributed by atoms with van der Waals surface area (Å²) in [5.41, 5.74) is 3.90. The van der Waals surface area contributed by atoms with Crippen LogP contribution in [-0.2, 0) is 11.3 Å². The number of para-hydroxylation sites is 1. The van der Waals surface area contributed by atoms with Crippen molar-refractivity contribution in [2.45, 2.75) is 19.9 Å². The third-order valence-electron chi connectivity index (χ3n) is 4.62. The first kappa shape index (κ1) is 23.3. The molecule has 0 unspecified atom stereocenters. The highest BCUT2D eigenvalue weighted by Crippen LogP contribution is 2.13. The fourth-order valence-electron chi connectivity index (χ4n) is 3.05. The number of urea groups is 2. The number of carbonyl (C=O) groups excluding carboxylic acids is 3. The summed E-state index contributed by atoms with van der Waals surface area (Å²) in [4.78, 5) is 36.2. The molecule has 0 bridgehead atoms. The van der Waals surface area contributed by atoms with E-state index in [-0.39, 0.29) is 30.9 Å². The number of amides is 5. The summed E-state index contributed by atoms with van der Waals surface area (Å²) in [6.07, 6.45) is 0.152. The van der Waals surface area contributed by atoms with Crippen molar-refractivity contribution in [1.29, 1.82) is 0 Å². The molecule has 0 aliphatic heterocycles. The van der Waals surface area contributed by atoms with Crippen molar-refractivity contribution in [3.8, 4) is 0 Å². The standard InChI is InChI=1S/C25H27N5O3/c1-18-7-5-11-21(15-18)29-25(33)30-22-12-6-8-19(16-22)17-27-23(31)13-14-26-24(32)28-20-9-3-2-4-10-20/h2-12,15-16H,13-14,17H2,1H3,(H,27,31)(H2,26,28,32)(H2,29,30,33). The van der Waals surface area contributed by atoms with Crippen LogP contribution in [-0.4, -0.2) is 24.5 Å². The average molecular weight is 446 g/mol. The zero-order chi connectivity index (χ0) is 23.5. The van der Waals surface area contributed by atoms with Crippen LogP contribution < -0.4 is 26.6 Å². The van der Waals surface area contributed by atoms with E-state index < -0.39 is 0 Å². The zero-order valence-electron chi connectivity index (χ0n) is 18.4. The third kappa shape index (κ3) is 8.37. The number of carbonyl (C=O) groups is 3. The highest BCUT2D eigenvalue weighted by molar-refractivity contribution is 5.99. The van der Waals surface area contributed by atoms with Crippen molar-refractivity contribution in [1.82, 2.24) is 10.6 Å². The molecular formula is C25H27N5O3. The van der Waals surface area contributed by atoms with Crippen LogP contribution in [0.1, 0.15) is 17.5 Å². The Kier molecular flexibility index (Phi) is 8.41. The lowest BCUT2D eigenvalue weighted by Crippen LogP contribution is -2.33. The number of hydrogen-bond acceptors (Lipinski definition) is 3. The Labute approximate surface area is 192 Å². The predicted molar refractivity (Wildman–Crippen MR) is 130 cm³/mol. The smallest absolute Gasteiger partial charge is 0.323 e. The predicted octanol–water partition coefficient (Wildman–Crippen LogP) is 4.47. The van der Waals surface area contributed by atoms with Crippen LogP contribution >= 0.6 is 0 Å². The van der Waals surface area contributed by atoms with Crippen molar-refractivity contribution in [3.63, 3.8) is 0 Å². The van der Waals surface area contributed by atoms with Gasteiger partial charge in [0.2, 0.25) is 5.91 Å². The molecule has 3 aromatic rings. The van der Waals surface area contributed by atoms with Gasteiger partial charge in [-0.25, -0.2) is 9.59 Å². The number of hydrogen-bond donors (Lipinski definition) is 5. The molecule has 8 nitrogen and oxygen atoms in total. The lowest BCUT2D eigenvalue weighted by atomic mass is 10.2. The van der Waals surface area contributed by atoms with Gasteiger partial charge in [0.15, 0.2) is 0 Å². The summed E-state index contributed by atoms with van der Waals surface area (Å²) in [5.74, 6) is -0.189. The first-order valence-electron chi connectivity index (χ1n) is 10.6. The number of anilines is 3. The summed E-state index contributed by atoms with van der Waals surface area (Å²) in [6, 6.07) is 23.1. The molecule has 0 heterocycles. The van der Waals surface area contributed by atoms with Crippen LogP contribution in [0.5, 0.6) is 0 Å². The Bertz CT molecular complexity index is 1100. The van der Waals surface area contributed by atoms with E-state index in [4.69, 9.17) is 0 Å². The van der Waals surface area contributed by atoms with Gasteiger partial charge in [-0.05, 0) is 54.4 Å². The minimum absolute atomic E-state index is 0.152. The highest BCUT2D eigenvalue weighted by Gasteiger charge is 2.06. The van der Waals surface area contributed by atoms with Crippen LogP contribution in [0.25, 0.3) is 0 Å². The van der Waals surface area contributed by atoms with Gasteiger partial charge in [0.1, 0.15) is 0 Å². The third-order valence-corrected chi connectivity index (χ3v) is 4.62. The number of aryl methyl sites for hydroxylation is 1. The maximum Gasteiger partial charge on any atom is 0.323 e. The van der Waals surface area contributed by atoms with Crippen LogP contribution in [0.4, 0.5) is 26.7 Å². The Morgan fingerprint density at radius 3 is 2.03 bits per heavy atom. The molecule has 0 aliphatic carbocycles. The zero-order valence-corrected chi connectivity index (χ0v) is 18.4. The van der Waals surface area contributed by atoms with E-state index in [1.165, 1.54) is 0 Å². The quantitative estimate of drug-likeness (QED) is 0.353. The molecule has 0 saturated carbocycles. The molecule has 0 saturated heterocycles. The van der Waals surface area contributed by atoms with Crippen molar-refractivity contribution in [2.24, 2.45) is 0 Å². The lowest BCUT2D eigenvalue weighted by Gasteiger charge is -2.11. The molecule has 3 rings (SSSR count). The van der Waals surface area contributed by atoms with Crippen molar-refractivity contribution in [3.05, 3.63) is 90.0 Å². The molecule has 0 aliphatic rings. The normalized spacial score (nSPS) is 10.1. The SMILES string of the molecule is Cc1cccc(NC(=O)Nc2cccc(CNC(=O)CCNC(=O)Nc3ccccc3)c2)c1. The van der Waals surface area contributed by atoms with Crippen molar-refractivity contribution < 1.29 is 14.4 Å². The van der Waals surface area contributed by atoms with Crippen LogP contribution in [0.2, 0.25) is 0 Å². The molecule has 5 N–H and O–H groups in total. The van der Waals surface area contributed by atoms with E-state index in [2.05, 4.69) is 26.6 Å². The molecule has 8 heteroatoms. The first-order chi connectivity index (χ1) is 16.0. The van der Waals surface area contributed by atoms with E-state index in [9.17, 15) is 14.4 Å². The second-order valence-electron chi connectivity index (χ2n) is 7.42. The van der Waals surface area contributed by atoms with Gasteiger partial charge in [0, 0.05) is 36.6 Å². The number of nitrogens with one attached hydrogen (secondary N) is 5. The summed E-state index contributed by atoms with van der Waals surface area (Å²) in [5, 5.41) is 13.7. The fraction of sp³-hybridized carbons (Fsp3) is 0.160. The van der Waals surface area contributed by atoms with Gasteiger partial charge < -0.3 is 26.6 Å². The van der Waals surface area contributed by atoms with Gasteiger partial charge in [-0.3, -0.25) is 4.79 Å². The van der Waals surface area contributed by atoms with Crippen LogP contribution in [0.15, 0.2) is 78.9 Å². The molecule has 33 heavy (non-hydrogen) atoms. The minimum Gasteiger partial charge on any atom is -0.352 e. The fourth-order valence-corrected chi connectivity index (χ4v) is 3.05.